The number of ketones is 1. The van der Waals surface area contributed by atoms with Gasteiger partial charge in [0.15, 0.2) is 5.78 Å². The third-order valence-corrected chi connectivity index (χ3v) is 5.17. The molecule has 2 aromatic rings. The lowest BCUT2D eigenvalue weighted by Gasteiger charge is -2.20. The number of nitrogens with zero attached hydrogens (tertiary/aromatic N) is 2. The molecular formula is C23H25N3O4. The van der Waals surface area contributed by atoms with Crippen LogP contribution >= 0.6 is 0 Å². The van der Waals surface area contributed by atoms with Crippen molar-refractivity contribution < 1.29 is 19.2 Å². The molecule has 1 fully saturated rings. The lowest BCUT2D eigenvalue weighted by molar-refractivity contribution is -0.133. The summed E-state index contributed by atoms with van der Waals surface area (Å²) in [4.78, 5) is 52.3. The summed E-state index contributed by atoms with van der Waals surface area (Å²) in [6.45, 7) is 4.54. The van der Waals surface area contributed by atoms with Gasteiger partial charge < -0.3 is 5.32 Å². The maximum absolute atomic E-state index is 12.8. The minimum absolute atomic E-state index is 0.194. The van der Waals surface area contributed by atoms with Crippen LogP contribution in [0.5, 0.6) is 0 Å². The van der Waals surface area contributed by atoms with Crippen molar-refractivity contribution in [2.45, 2.75) is 39.3 Å². The number of anilines is 1. The molecule has 156 valence electrons. The lowest BCUT2D eigenvalue weighted by Crippen LogP contribution is -2.47. The maximum Gasteiger partial charge on any atom is 0.332 e. The molecule has 0 spiro atoms. The molecule has 7 nitrogen and oxygen atoms in total. The van der Waals surface area contributed by atoms with E-state index < -0.39 is 36.5 Å². The average Bonchev–Trinajstić information content (AvgIpc) is 2.92. The van der Waals surface area contributed by atoms with E-state index in [0.717, 1.165) is 16.0 Å². The standard InChI is InChI=1S/C23H25N3O4/c1-15-9-11-19(12-10-15)26-16(2)22(29)25(23(26)30)14-21(28)24-20(17(3)27)13-18-7-5-4-6-8-18/h4-12,16,20H,13-14H2,1-3H3,(H,24,28)/t16-,20-/m0/s1. The average molecular weight is 407 g/mol. The van der Waals surface area contributed by atoms with E-state index in [1.54, 1.807) is 19.1 Å². The molecule has 4 amide bonds. The Morgan fingerprint density at radius 3 is 2.27 bits per heavy atom. The van der Waals surface area contributed by atoms with Crippen LogP contribution in [-0.2, 0) is 20.8 Å². The molecule has 1 heterocycles. The van der Waals surface area contributed by atoms with Crippen LogP contribution in [0, 0.1) is 6.92 Å². The highest BCUT2D eigenvalue weighted by Gasteiger charge is 2.44. The predicted molar refractivity (Wildman–Crippen MR) is 113 cm³/mol. The zero-order chi connectivity index (χ0) is 21.8. The van der Waals surface area contributed by atoms with E-state index in [-0.39, 0.29) is 5.78 Å². The molecule has 0 aromatic heterocycles. The van der Waals surface area contributed by atoms with Gasteiger partial charge in [0.25, 0.3) is 5.91 Å². The number of carbonyl (C=O) groups excluding carboxylic acids is 4. The fourth-order valence-electron chi connectivity index (χ4n) is 3.44. The Balaban J connectivity index is 1.69. The Morgan fingerprint density at radius 1 is 1.03 bits per heavy atom. The molecule has 0 aliphatic carbocycles. The molecule has 0 bridgehead atoms. The van der Waals surface area contributed by atoms with E-state index in [0.29, 0.717) is 12.1 Å². The van der Waals surface area contributed by atoms with Gasteiger partial charge in [-0.3, -0.25) is 24.2 Å². The molecule has 0 unspecified atom stereocenters. The summed E-state index contributed by atoms with van der Waals surface area (Å²) in [6.07, 6.45) is 0.343. The van der Waals surface area contributed by atoms with Crippen LogP contribution in [0.2, 0.25) is 0 Å². The number of hydrogen-bond acceptors (Lipinski definition) is 4. The van der Waals surface area contributed by atoms with E-state index in [4.69, 9.17) is 0 Å². The topological polar surface area (TPSA) is 86.8 Å². The molecule has 1 N–H and O–H groups in total. The Morgan fingerprint density at radius 2 is 1.67 bits per heavy atom. The van der Waals surface area contributed by atoms with Crippen LogP contribution in [-0.4, -0.2) is 47.2 Å². The van der Waals surface area contributed by atoms with Crippen LogP contribution in [0.4, 0.5) is 10.5 Å². The van der Waals surface area contributed by atoms with Gasteiger partial charge in [-0.05, 0) is 44.9 Å². The zero-order valence-electron chi connectivity index (χ0n) is 17.3. The monoisotopic (exact) mass is 407 g/mol. The largest absolute Gasteiger partial charge is 0.344 e. The van der Waals surface area contributed by atoms with E-state index in [9.17, 15) is 19.2 Å². The van der Waals surface area contributed by atoms with Gasteiger partial charge in [0, 0.05) is 5.69 Å². The van der Waals surface area contributed by atoms with Gasteiger partial charge in [0.2, 0.25) is 5.91 Å². The van der Waals surface area contributed by atoms with Crippen LogP contribution in [0.3, 0.4) is 0 Å². The molecule has 1 aliphatic rings. The van der Waals surface area contributed by atoms with Gasteiger partial charge in [0.05, 0.1) is 6.04 Å². The number of hydrogen-bond donors (Lipinski definition) is 1. The van der Waals surface area contributed by atoms with Crippen LogP contribution in [0.25, 0.3) is 0 Å². The van der Waals surface area contributed by atoms with Crippen molar-refractivity contribution in [1.29, 1.82) is 0 Å². The minimum atomic E-state index is -0.724. The van der Waals surface area contributed by atoms with Crippen LogP contribution in [0.1, 0.15) is 25.0 Å². The Kier molecular flexibility index (Phi) is 6.30. The van der Waals surface area contributed by atoms with E-state index in [1.807, 2.05) is 49.4 Å². The van der Waals surface area contributed by atoms with Gasteiger partial charge in [0.1, 0.15) is 12.6 Å². The summed E-state index contributed by atoms with van der Waals surface area (Å²) in [5.41, 5.74) is 2.54. The first-order valence-electron chi connectivity index (χ1n) is 9.83. The molecular weight excluding hydrogens is 382 g/mol. The fraction of sp³-hybridized carbons (Fsp3) is 0.304. The number of amides is 4. The highest BCUT2D eigenvalue weighted by atomic mass is 16.2. The highest BCUT2D eigenvalue weighted by molar-refractivity contribution is 6.15. The number of aryl methyl sites for hydroxylation is 1. The number of rotatable bonds is 7. The van der Waals surface area contributed by atoms with E-state index in [2.05, 4.69) is 5.32 Å². The van der Waals surface area contributed by atoms with Gasteiger partial charge in [-0.2, -0.15) is 0 Å². The van der Waals surface area contributed by atoms with Crippen LogP contribution < -0.4 is 10.2 Å². The number of benzene rings is 2. The summed E-state index contributed by atoms with van der Waals surface area (Å²) >= 11 is 0. The maximum atomic E-state index is 12.8. The van der Waals surface area contributed by atoms with Crippen molar-refractivity contribution in [2.24, 2.45) is 0 Å². The summed E-state index contributed by atoms with van der Waals surface area (Å²) in [5, 5.41) is 2.66. The lowest BCUT2D eigenvalue weighted by atomic mass is 10.0. The van der Waals surface area contributed by atoms with Crippen molar-refractivity contribution in [3.63, 3.8) is 0 Å². The smallest absolute Gasteiger partial charge is 0.332 e. The summed E-state index contributed by atoms with van der Waals surface area (Å²) in [5.74, 6) is -1.19. The molecule has 0 saturated carbocycles. The Bertz CT molecular complexity index is 956. The number of carbonyl (C=O) groups is 4. The first kappa shape index (κ1) is 21.2. The summed E-state index contributed by atoms with van der Waals surface area (Å²) in [7, 11) is 0. The summed E-state index contributed by atoms with van der Waals surface area (Å²) < 4.78 is 0. The molecule has 1 saturated heterocycles. The Hall–Kier alpha value is -3.48. The van der Waals surface area contributed by atoms with Crippen molar-refractivity contribution in [2.75, 3.05) is 11.4 Å². The van der Waals surface area contributed by atoms with E-state index in [1.165, 1.54) is 11.8 Å². The zero-order valence-corrected chi connectivity index (χ0v) is 17.3. The second kappa shape index (κ2) is 8.90. The van der Waals surface area contributed by atoms with Gasteiger partial charge in [-0.15, -0.1) is 0 Å². The number of nitrogens with one attached hydrogen (secondary N) is 1. The van der Waals surface area contributed by atoms with Crippen molar-refractivity contribution in [1.82, 2.24) is 10.2 Å². The van der Waals surface area contributed by atoms with Crippen LogP contribution in [0.15, 0.2) is 54.6 Å². The van der Waals surface area contributed by atoms with Gasteiger partial charge >= 0.3 is 6.03 Å². The van der Waals surface area contributed by atoms with Crippen molar-refractivity contribution in [3.8, 4) is 0 Å². The number of Topliss-reactive ketones (excluding diaryl/α,β-unsaturated/α-hetero) is 1. The Labute approximate surface area is 175 Å². The quantitative estimate of drug-likeness (QED) is 0.715. The highest BCUT2D eigenvalue weighted by Crippen LogP contribution is 2.25. The molecule has 7 heteroatoms. The second-order valence-electron chi connectivity index (χ2n) is 7.51. The predicted octanol–water partition coefficient (Wildman–Crippen LogP) is 2.47. The van der Waals surface area contributed by atoms with Gasteiger partial charge in [-0.1, -0.05) is 48.0 Å². The first-order chi connectivity index (χ1) is 14.3. The minimum Gasteiger partial charge on any atom is -0.344 e. The summed E-state index contributed by atoms with van der Waals surface area (Å²) in [6, 6.07) is 14.6. The molecule has 2 atom stereocenters. The second-order valence-corrected chi connectivity index (χ2v) is 7.51. The van der Waals surface area contributed by atoms with Crippen molar-refractivity contribution >= 4 is 29.3 Å². The van der Waals surface area contributed by atoms with Gasteiger partial charge in [-0.25, -0.2) is 4.79 Å². The number of urea groups is 1. The van der Waals surface area contributed by atoms with Crippen molar-refractivity contribution in [3.05, 3.63) is 65.7 Å². The SMILES string of the molecule is CC(=O)[C@H](Cc1ccccc1)NC(=O)CN1C(=O)[C@H](C)N(c2ccc(C)cc2)C1=O. The molecule has 3 rings (SSSR count). The third kappa shape index (κ3) is 4.56. The first-order valence-corrected chi connectivity index (χ1v) is 9.83. The number of imide groups is 1. The molecule has 30 heavy (non-hydrogen) atoms. The fourth-order valence-corrected chi connectivity index (χ4v) is 3.44. The third-order valence-electron chi connectivity index (χ3n) is 5.17. The molecule has 1 aliphatic heterocycles. The molecule has 0 radical (unpaired) electrons. The van der Waals surface area contributed by atoms with E-state index >= 15 is 0 Å². The normalized spacial score (nSPS) is 17.2. The molecule has 2 aromatic carbocycles.